The Morgan fingerprint density at radius 1 is 1.11 bits per heavy atom. The third-order valence-corrected chi connectivity index (χ3v) is 4.29. The third kappa shape index (κ3) is 11.4. The maximum atomic E-state index is 11.8. The van der Waals surface area contributed by atoms with Gasteiger partial charge < -0.3 is 15.4 Å². The number of thioether (sulfide) groups is 1. The van der Waals surface area contributed by atoms with Crippen LogP contribution in [0, 0.1) is 0 Å². The van der Waals surface area contributed by atoms with Crippen molar-refractivity contribution in [3.63, 3.8) is 0 Å². The average molecular weight is 395 g/mol. The van der Waals surface area contributed by atoms with Crippen LogP contribution in [0.3, 0.4) is 0 Å². The Morgan fingerprint density at radius 2 is 1.78 bits per heavy atom. The average Bonchev–Trinajstić information content (AvgIpc) is 2.59. The summed E-state index contributed by atoms with van der Waals surface area (Å²) in [5.74, 6) is 2.04. The van der Waals surface area contributed by atoms with Crippen LogP contribution in [0.4, 0.5) is 10.5 Å². The van der Waals surface area contributed by atoms with Gasteiger partial charge in [0.15, 0.2) is 5.96 Å². The van der Waals surface area contributed by atoms with Crippen LogP contribution in [-0.4, -0.2) is 49.8 Å². The van der Waals surface area contributed by atoms with E-state index in [-0.39, 0.29) is 0 Å². The zero-order valence-electron chi connectivity index (χ0n) is 17.2. The minimum atomic E-state index is -0.503. The molecule has 152 valence electrons. The Balaban J connectivity index is 2.31. The molecule has 1 rings (SSSR count). The number of carbonyl (C=O) groups is 1. The molecule has 27 heavy (non-hydrogen) atoms. The van der Waals surface area contributed by atoms with E-state index in [1.165, 1.54) is 17.7 Å². The summed E-state index contributed by atoms with van der Waals surface area (Å²) in [6, 6.07) is 7.79. The van der Waals surface area contributed by atoms with Gasteiger partial charge in [-0.3, -0.25) is 10.3 Å². The summed E-state index contributed by atoms with van der Waals surface area (Å²) in [7, 11) is 1.79. The van der Waals surface area contributed by atoms with Crippen molar-refractivity contribution in [1.82, 2.24) is 10.6 Å². The van der Waals surface area contributed by atoms with Gasteiger partial charge in [-0.1, -0.05) is 12.1 Å². The number of guanidine groups is 1. The minimum Gasteiger partial charge on any atom is -0.444 e. The summed E-state index contributed by atoms with van der Waals surface area (Å²) in [5.41, 5.74) is 1.41. The Labute approximate surface area is 167 Å². The Bertz CT molecular complexity index is 583. The van der Waals surface area contributed by atoms with E-state index in [0.717, 1.165) is 37.6 Å². The molecule has 0 aliphatic rings. The first kappa shape index (κ1) is 23.1. The molecule has 1 aromatic carbocycles. The molecule has 0 aliphatic carbocycles. The molecule has 1 amide bonds. The summed E-state index contributed by atoms with van der Waals surface area (Å²) in [4.78, 5) is 16.0. The molecule has 6 nitrogen and oxygen atoms in total. The van der Waals surface area contributed by atoms with Crippen LogP contribution < -0.4 is 16.0 Å². The van der Waals surface area contributed by atoms with Crippen LogP contribution in [0.5, 0.6) is 0 Å². The number of amides is 1. The van der Waals surface area contributed by atoms with Crippen molar-refractivity contribution < 1.29 is 9.53 Å². The van der Waals surface area contributed by atoms with E-state index < -0.39 is 11.7 Å². The highest BCUT2D eigenvalue weighted by Gasteiger charge is 2.16. The highest BCUT2D eigenvalue weighted by molar-refractivity contribution is 7.98. The molecule has 0 spiro atoms. The molecule has 0 radical (unpaired) electrons. The number of rotatable bonds is 9. The molecule has 0 atom stereocenters. The maximum Gasteiger partial charge on any atom is 0.412 e. The number of hydrogen-bond donors (Lipinski definition) is 3. The van der Waals surface area contributed by atoms with Gasteiger partial charge in [-0.2, -0.15) is 11.8 Å². The molecular formula is C20H34N4O2S. The van der Waals surface area contributed by atoms with Gasteiger partial charge in [0, 0.05) is 25.8 Å². The van der Waals surface area contributed by atoms with Gasteiger partial charge in [-0.05, 0) is 69.7 Å². The largest absolute Gasteiger partial charge is 0.444 e. The summed E-state index contributed by atoms with van der Waals surface area (Å²) in [6.45, 7) is 7.26. The van der Waals surface area contributed by atoms with Crippen LogP contribution in [0.15, 0.2) is 29.3 Å². The second-order valence-corrected chi connectivity index (χ2v) is 8.19. The number of aliphatic imine (C=N–C) groups is 1. The zero-order valence-corrected chi connectivity index (χ0v) is 18.0. The normalized spacial score (nSPS) is 11.8. The monoisotopic (exact) mass is 394 g/mol. The second kappa shape index (κ2) is 12.5. The molecule has 0 fully saturated rings. The quantitative estimate of drug-likeness (QED) is 0.337. The first-order valence-electron chi connectivity index (χ1n) is 9.36. The van der Waals surface area contributed by atoms with Crippen LogP contribution in [0.2, 0.25) is 0 Å². The number of unbranched alkanes of at least 4 members (excludes halogenated alkanes) is 1. The van der Waals surface area contributed by atoms with Gasteiger partial charge in [0.05, 0.1) is 0 Å². The van der Waals surface area contributed by atoms with Crippen molar-refractivity contribution in [1.29, 1.82) is 0 Å². The highest BCUT2D eigenvalue weighted by Crippen LogP contribution is 2.13. The number of hydrogen-bond acceptors (Lipinski definition) is 4. The number of benzene rings is 1. The zero-order chi connectivity index (χ0) is 20.1. The summed E-state index contributed by atoms with van der Waals surface area (Å²) >= 11 is 1.88. The van der Waals surface area contributed by atoms with Crippen molar-refractivity contribution in [3.8, 4) is 0 Å². The second-order valence-electron chi connectivity index (χ2n) is 7.20. The molecule has 0 heterocycles. The Kier molecular flexibility index (Phi) is 10.7. The van der Waals surface area contributed by atoms with Crippen molar-refractivity contribution in [2.24, 2.45) is 4.99 Å². The predicted molar refractivity (Wildman–Crippen MR) is 117 cm³/mol. The SMILES string of the molecule is CN=C(NCCCCSC)NCCc1ccc(NC(=O)OC(C)(C)C)cc1. The molecule has 0 saturated carbocycles. The molecule has 7 heteroatoms. The fraction of sp³-hybridized carbons (Fsp3) is 0.600. The number of ether oxygens (including phenoxy) is 1. The minimum absolute atomic E-state index is 0.440. The molecule has 3 N–H and O–H groups in total. The molecular weight excluding hydrogens is 360 g/mol. The van der Waals surface area contributed by atoms with E-state index in [4.69, 9.17) is 4.74 Å². The lowest BCUT2D eigenvalue weighted by molar-refractivity contribution is 0.0636. The summed E-state index contributed by atoms with van der Waals surface area (Å²) in [6.07, 6.45) is 4.93. The molecule has 1 aromatic rings. The van der Waals surface area contributed by atoms with E-state index in [9.17, 15) is 4.79 Å². The maximum absolute atomic E-state index is 11.8. The highest BCUT2D eigenvalue weighted by atomic mass is 32.2. The third-order valence-electron chi connectivity index (χ3n) is 3.60. The van der Waals surface area contributed by atoms with Gasteiger partial charge in [-0.25, -0.2) is 4.79 Å². The van der Waals surface area contributed by atoms with Crippen molar-refractivity contribution >= 4 is 29.5 Å². The predicted octanol–water partition coefficient (Wildman–Crippen LogP) is 3.88. The summed E-state index contributed by atoms with van der Waals surface area (Å²) < 4.78 is 5.25. The molecule has 0 aromatic heterocycles. The van der Waals surface area contributed by atoms with Crippen LogP contribution in [0.1, 0.15) is 39.2 Å². The molecule has 0 unspecified atom stereocenters. The van der Waals surface area contributed by atoms with E-state index >= 15 is 0 Å². The van der Waals surface area contributed by atoms with Gasteiger partial charge >= 0.3 is 6.09 Å². The van der Waals surface area contributed by atoms with Crippen LogP contribution in [-0.2, 0) is 11.2 Å². The lowest BCUT2D eigenvalue weighted by Crippen LogP contribution is -2.38. The Morgan fingerprint density at radius 3 is 2.37 bits per heavy atom. The molecule has 0 saturated heterocycles. The first-order chi connectivity index (χ1) is 12.8. The fourth-order valence-corrected chi connectivity index (χ4v) is 2.79. The molecule has 0 aliphatic heterocycles. The van der Waals surface area contributed by atoms with Gasteiger partial charge in [0.1, 0.15) is 5.60 Å². The van der Waals surface area contributed by atoms with E-state index in [2.05, 4.69) is 27.2 Å². The number of nitrogens with one attached hydrogen (secondary N) is 3. The van der Waals surface area contributed by atoms with Crippen LogP contribution in [0.25, 0.3) is 0 Å². The topological polar surface area (TPSA) is 74.8 Å². The van der Waals surface area contributed by atoms with Crippen LogP contribution >= 0.6 is 11.8 Å². The fourth-order valence-electron chi connectivity index (χ4n) is 2.30. The van der Waals surface area contributed by atoms with Gasteiger partial charge in [0.25, 0.3) is 0 Å². The number of carbonyl (C=O) groups excluding carboxylic acids is 1. The standard InChI is InChI=1S/C20H34N4O2S/c1-20(2,3)26-19(25)24-17-10-8-16(9-11-17)12-14-23-18(21-4)22-13-6-7-15-27-5/h8-11H,6-7,12-15H2,1-5H3,(H,24,25)(H2,21,22,23). The lowest BCUT2D eigenvalue weighted by Gasteiger charge is -2.19. The lowest BCUT2D eigenvalue weighted by atomic mass is 10.1. The van der Waals surface area contributed by atoms with Crippen molar-refractivity contribution in [3.05, 3.63) is 29.8 Å². The van der Waals surface area contributed by atoms with E-state index in [1.807, 2.05) is 56.8 Å². The van der Waals surface area contributed by atoms with Crippen molar-refractivity contribution in [2.45, 2.75) is 45.6 Å². The van der Waals surface area contributed by atoms with Gasteiger partial charge in [-0.15, -0.1) is 0 Å². The smallest absolute Gasteiger partial charge is 0.412 e. The number of anilines is 1. The Hall–Kier alpha value is -1.89. The van der Waals surface area contributed by atoms with Crippen molar-refractivity contribution in [2.75, 3.05) is 37.5 Å². The number of nitrogens with zero attached hydrogens (tertiary/aromatic N) is 1. The van der Waals surface area contributed by atoms with Gasteiger partial charge in [0.2, 0.25) is 0 Å². The van der Waals surface area contributed by atoms with E-state index in [1.54, 1.807) is 7.05 Å². The first-order valence-corrected chi connectivity index (χ1v) is 10.8. The molecule has 0 bridgehead atoms. The van der Waals surface area contributed by atoms with E-state index in [0.29, 0.717) is 0 Å². The summed E-state index contributed by atoms with van der Waals surface area (Å²) in [5, 5.41) is 9.40.